The standard InChI is InChI=1S/C32H37FN4O5.Na/c1-19(2)37-26(14-13-24(38)15-25(39)16-28(40)41)29(22-9-11-23(33)12-10-22)30(21-7-5-4-6-8-21)31(37)32(42)35-18-27-34-17-20(3)36-27;/h4-12,17,19,24-25,38-39H,13-16,18H2,1-3H3,(H,34,36)(H,35,42)(H,40,41);/q;+1/p-1/t24-,25-;/m1./s1. The van der Waals surface area contributed by atoms with Crippen LogP contribution < -0.4 is 40.0 Å². The number of aromatic nitrogens is 3. The van der Waals surface area contributed by atoms with E-state index in [2.05, 4.69) is 15.3 Å². The van der Waals surface area contributed by atoms with Gasteiger partial charge in [0.25, 0.3) is 5.91 Å². The minimum atomic E-state index is -1.39. The number of amides is 1. The van der Waals surface area contributed by atoms with Gasteiger partial charge in [0.1, 0.15) is 17.3 Å². The van der Waals surface area contributed by atoms with Crippen molar-refractivity contribution in [1.29, 1.82) is 0 Å². The Balaban J connectivity index is 0.00000506. The molecule has 2 atom stereocenters. The monoisotopic (exact) mass is 598 g/mol. The molecule has 0 aliphatic heterocycles. The quantitative estimate of drug-likeness (QED) is 0.167. The Morgan fingerprint density at radius 2 is 1.67 bits per heavy atom. The molecule has 2 aromatic carbocycles. The van der Waals surface area contributed by atoms with Crippen molar-refractivity contribution >= 4 is 11.9 Å². The second kappa shape index (κ2) is 15.4. The number of nitrogens with zero attached hydrogens (tertiary/aromatic N) is 2. The zero-order valence-electron chi connectivity index (χ0n) is 24.9. The van der Waals surface area contributed by atoms with Gasteiger partial charge in [0, 0.05) is 47.1 Å². The predicted molar refractivity (Wildman–Crippen MR) is 155 cm³/mol. The van der Waals surface area contributed by atoms with E-state index >= 15 is 0 Å². The molecule has 0 saturated heterocycles. The normalized spacial score (nSPS) is 12.5. The Labute approximate surface area is 272 Å². The average Bonchev–Trinajstić information content (AvgIpc) is 3.52. The fraction of sp³-hybridized carbons (Fsp3) is 0.344. The summed E-state index contributed by atoms with van der Waals surface area (Å²) in [7, 11) is 0. The summed E-state index contributed by atoms with van der Waals surface area (Å²) in [4.78, 5) is 32.3. The first kappa shape index (κ1) is 34.2. The van der Waals surface area contributed by atoms with Crippen LogP contribution in [0.5, 0.6) is 0 Å². The van der Waals surface area contributed by atoms with Crippen LogP contribution in [-0.4, -0.2) is 48.8 Å². The van der Waals surface area contributed by atoms with Gasteiger partial charge in [0.2, 0.25) is 0 Å². The molecule has 0 aliphatic rings. The fourth-order valence-electron chi connectivity index (χ4n) is 5.31. The van der Waals surface area contributed by atoms with E-state index in [4.69, 9.17) is 0 Å². The Morgan fingerprint density at radius 1 is 1.02 bits per heavy atom. The molecule has 4 aromatic rings. The molecule has 9 nitrogen and oxygen atoms in total. The van der Waals surface area contributed by atoms with Gasteiger partial charge in [0.15, 0.2) is 0 Å². The van der Waals surface area contributed by atoms with Crippen LogP contribution >= 0.6 is 0 Å². The number of aliphatic carboxylic acids is 1. The molecule has 0 saturated carbocycles. The van der Waals surface area contributed by atoms with Crippen molar-refractivity contribution in [3.8, 4) is 22.3 Å². The predicted octanol–water partition coefficient (Wildman–Crippen LogP) is 0.692. The number of benzene rings is 2. The number of halogens is 1. The molecule has 43 heavy (non-hydrogen) atoms. The maximum absolute atomic E-state index is 14.0. The number of hydrogen-bond acceptors (Lipinski definition) is 6. The number of aryl methyl sites for hydroxylation is 1. The Bertz CT molecular complexity index is 1520. The summed E-state index contributed by atoms with van der Waals surface area (Å²) in [5, 5.41) is 34.6. The molecule has 2 heterocycles. The number of carboxylic acids is 1. The molecule has 0 fully saturated rings. The van der Waals surface area contributed by atoms with Gasteiger partial charge in [-0.1, -0.05) is 42.5 Å². The van der Waals surface area contributed by atoms with E-state index in [0.717, 1.165) is 22.5 Å². The number of H-pyrrole nitrogens is 1. The smallest absolute Gasteiger partial charge is 0.550 e. The first-order valence-electron chi connectivity index (χ1n) is 14.0. The van der Waals surface area contributed by atoms with Crippen molar-refractivity contribution in [3.63, 3.8) is 0 Å². The van der Waals surface area contributed by atoms with E-state index in [1.165, 1.54) is 12.1 Å². The number of aliphatic hydroxyl groups excluding tert-OH is 2. The molecular formula is C32H36FN4NaO5. The van der Waals surface area contributed by atoms with E-state index < -0.39 is 30.4 Å². The third-order valence-corrected chi connectivity index (χ3v) is 7.07. The summed E-state index contributed by atoms with van der Waals surface area (Å²) >= 11 is 0. The number of imidazole rings is 1. The van der Waals surface area contributed by atoms with Crippen molar-refractivity contribution in [2.75, 3.05) is 0 Å². The first-order valence-corrected chi connectivity index (χ1v) is 14.0. The molecule has 0 radical (unpaired) electrons. The molecule has 4 N–H and O–H groups in total. The van der Waals surface area contributed by atoms with E-state index in [1.807, 2.05) is 55.7 Å². The number of carbonyl (C=O) groups excluding carboxylic acids is 2. The second-order valence-corrected chi connectivity index (χ2v) is 10.7. The van der Waals surface area contributed by atoms with Crippen LogP contribution in [0.15, 0.2) is 60.8 Å². The number of rotatable bonds is 13. The van der Waals surface area contributed by atoms with Gasteiger partial charge < -0.3 is 35.0 Å². The maximum atomic E-state index is 14.0. The molecule has 4 rings (SSSR count). The maximum Gasteiger partial charge on any atom is 1.00 e. The zero-order chi connectivity index (χ0) is 30.4. The number of aliphatic hydroxyl groups is 2. The summed E-state index contributed by atoms with van der Waals surface area (Å²) < 4.78 is 16.0. The largest absolute Gasteiger partial charge is 1.00 e. The van der Waals surface area contributed by atoms with Gasteiger partial charge in [0.05, 0.1) is 18.8 Å². The van der Waals surface area contributed by atoms with Crippen LogP contribution in [0.25, 0.3) is 22.3 Å². The molecule has 0 aliphatic carbocycles. The van der Waals surface area contributed by atoms with Crippen molar-refractivity contribution < 1.29 is 58.9 Å². The molecule has 0 unspecified atom stereocenters. The summed E-state index contributed by atoms with van der Waals surface area (Å²) in [6.45, 7) is 5.97. The van der Waals surface area contributed by atoms with Crippen LogP contribution in [0, 0.1) is 12.7 Å². The van der Waals surface area contributed by atoms with E-state index in [-0.39, 0.29) is 60.9 Å². The Morgan fingerprint density at radius 3 is 2.26 bits per heavy atom. The van der Waals surface area contributed by atoms with E-state index in [1.54, 1.807) is 18.3 Å². The van der Waals surface area contributed by atoms with Gasteiger partial charge in [-0.25, -0.2) is 9.37 Å². The molecule has 0 spiro atoms. The van der Waals surface area contributed by atoms with Crippen LogP contribution in [0.1, 0.15) is 66.9 Å². The Kier molecular flexibility index (Phi) is 12.3. The van der Waals surface area contributed by atoms with Crippen molar-refractivity contribution in [3.05, 3.63) is 89.5 Å². The van der Waals surface area contributed by atoms with Crippen molar-refractivity contribution in [2.24, 2.45) is 0 Å². The molecule has 222 valence electrons. The van der Waals surface area contributed by atoms with Crippen molar-refractivity contribution in [1.82, 2.24) is 19.9 Å². The summed E-state index contributed by atoms with van der Waals surface area (Å²) in [5.74, 6) is -1.50. The molecule has 0 bridgehead atoms. The minimum absolute atomic E-state index is 0. The second-order valence-electron chi connectivity index (χ2n) is 10.7. The first-order chi connectivity index (χ1) is 20.0. The van der Waals surface area contributed by atoms with Crippen LogP contribution in [-0.2, 0) is 17.8 Å². The van der Waals surface area contributed by atoms with Crippen molar-refractivity contribution in [2.45, 2.75) is 71.2 Å². The number of nitrogens with one attached hydrogen (secondary N) is 2. The van der Waals surface area contributed by atoms with Crippen LogP contribution in [0.4, 0.5) is 4.39 Å². The summed E-state index contributed by atoms with van der Waals surface area (Å²) in [5.41, 5.74) is 4.94. The number of carboxylic acid groups (broad SMARTS) is 1. The zero-order valence-corrected chi connectivity index (χ0v) is 26.9. The van der Waals surface area contributed by atoms with Crippen LogP contribution in [0.3, 0.4) is 0 Å². The third-order valence-electron chi connectivity index (χ3n) is 7.07. The van der Waals surface area contributed by atoms with E-state index in [9.17, 15) is 29.3 Å². The minimum Gasteiger partial charge on any atom is -0.550 e. The number of carbonyl (C=O) groups is 2. The molecule has 2 aromatic heterocycles. The van der Waals surface area contributed by atoms with Gasteiger partial charge in [-0.3, -0.25) is 4.79 Å². The number of aromatic amines is 1. The third kappa shape index (κ3) is 8.64. The van der Waals surface area contributed by atoms with Gasteiger partial charge in [-0.15, -0.1) is 0 Å². The van der Waals surface area contributed by atoms with Gasteiger partial charge in [-0.2, -0.15) is 0 Å². The Hall–Kier alpha value is -3.28. The van der Waals surface area contributed by atoms with Gasteiger partial charge in [-0.05, 0) is 63.3 Å². The van der Waals surface area contributed by atoms with Gasteiger partial charge >= 0.3 is 29.6 Å². The van der Waals surface area contributed by atoms with Crippen LogP contribution in [0.2, 0.25) is 0 Å². The molecular weight excluding hydrogens is 562 g/mol. The number of hydrogen-bond donors (Lipinski definition) is 4. The molecule has 1 amide bonds. The van der Waals surface area contributed by atoms with E-state index in [0.29, 0.717) is 29.1 Å². The molecule has 11 heteroatoms. The summed E-state index contributed by atoms with van der Waals surface area (Å²) in [6, 6.07) is 15.4. The topological polar surface area (TPSA) is 143 Å². The SMILES string of the molecule is Cc1cnc(CNC(=O)c2c(-c3ccccc3)c(-c3ccc(F)cc3)c(CC[C@@H](O)C[C@@H](O)CC(=O)[O-])n2C(C)C)[nH]1.[Na+]. The summed E-state index contributed by atoms with van der Waals surface area (Å²) in [6.07, 6.45) is -0.777. The average molecular weight is 599 g/mol. The fourth-order valence-corrected chi connectivity index (χ4v) is 5.31.